The molecule has 0 aliphatic carbocycles. The summed E-state index contributed by atoms with van der Waals surface area (Å²) < 4.78 is 71.2. The van der Waals surface area contributed by atoms with Crippen LogP contribution in [0.1, 0.15) is 23.6 Å². The summed E-state index contributed by atoms with van der Waals surface area (Å²) in [7, 11) is -8.06. The lowest BCUT2D eigenvalue weighted by molar-refractivity contribution is -0.114. The molecule has 14 heteroatoms. The Hall–Kier alpha value is -3.90. The van der Waals surface area contributed by atoms with Crippen molar-refractivity contribution in [1.82, 2.24) is 0 Å². The Morgan fingerprint density at radius 2 is 1.54 bits per heavy atom. The first-order valence-electron chi connectivity index (χ1n) is 11.1. The highest BCUT2D eigenvalue weighted by molar-refractivity contribution is 7.90. The van der Waals surface area contributed by atoms with Crippen LogP contribution in [0.15, 0.2) is 76.1 Å². The van der Waals surface area contributed by atoms with Crippen LogP contribution in [0.25, 0.3) is 6.08 Å². The summed E-state index contributed by atoms with van der Waals surface area (Å²) in [5, 5.41) is 0. The largest absolute Gasteiger partial charge is 0.451 e. The number of benzene rings is 3. The van der Waals surface area contributed by atoms with Crippen molar-refractivity contribution in [3.8, 4) is 11.5 Å². The van der Waals surface area contributed by atoms with Crippen LogP contribution in [0, 0.1) is 11.6 Å². The predicted octanol–water partition coefficient (Wildman–Crippen LogP) is 3.61. The fraction of sp³-hybridized carbons (Fsp3) is 0.120. The number of aliphatic imine (C=N–C) groups is 1. The van der Waals surface area contributed by atoms with Gasteiger partial charge in [-0.05, 0) is 66.1 Å². The molecule has 3 aromatic rings. The lowest BCUT2D eigenvalue weighted by atomic mass is 10.1. The van der Waals surface area contributed by atoms with Crippen LogP contribution >= 0.6 is 7.60 Å². The number of amides is 1. The molecular weight excluding hydrogens is 555 g/mol. The molecule has 0 aliphatic heterocycles. The molecule has 0 aromatic heterocycles. The molecule has 3 rings (SSSR count). The number of guanidine groups is 1. The maximum atomic E-state index is 14.6. The Kier molecular flexibility index (Phi) is 9.03. The first-order valence-corrected chi connectivity index (χ1v) is 14.5. The van der Waals surface area contributed by atoms with Crippen LogP contribution in [-0.4, -0.2) is 30.1 Å². The van der Waals surface area contributed by atoms with Crippen LogP contribution in [0.5, 0.6) is 11.5 Å². The molecule has 0 radical (unpaired) electrons. The van der Waals surface area contributed by atoms with Crippen LogP contribution < -0.4 is 16.2 Å². The summed E-state index contributed by atoms with van der Waals surface area (Å²) in [4.78, 5) is 33.2. The van der Waals surface area contributed by atoms with Crippen molar-refractivity contribution in [2.75, 3.05) is 0 Å². The van der Waals surface area contributed by atoms with E-state index in [9.17, 15) is 26.6 Å². The predicted molar refractivity (Wildman–Crippen MR) is 140 cm³/mol. The van der Waals surface area contributed by atoms with Crippen molar-refractivity contribution in [3.63, 3.8) is 0 Å². The number of carbonyl (C=O) groups is 1. The number of rotatable bonds is 9. The Labute approximate surface area is 222 Å². The summed E-state index contributed by atoms with van der Waals surface area (Å²) in [6.45, 7) is 1.37. The maximum Gasteiger partial charge on any atom is 0.329 e. The molecule has 0 heterocycles. The first kappa shape index (κ1) is 29.7. The molecule has 206 valence electrons. The minimum Gasteiger partial charge on any atom is -0.451 e. The molecule has 1 amide bonds. The number of halogens is 2. The van der Waals surface area contributed by atoms with Gasteiger partial charge in [0.05, 0.1) is 16.8 Å². The zero-order valence-corrected chi connectivity index (χ0v) is 22.1. The number of ether oxygens (including phenoxy) is 1. The maximum absolute atomic E-state index is 14.6. The van der Waals surface area contributed by atoms with E-state index in [1.165, 1.54) is 61.5 Å². The van der Waals surface area contributed by atoms with Crippen molar-refractivity contribution in [2.45, 2.75) is 23.7 Å². The smallest absolute Gasteiger partial charge is 0.329 e. The van der Waals surface area contributed by atoms with Gasteiger partial charge in [-0.3, -0.25) is 9.36 Å². The van der Waals surface area contributed by atoms with E-state index in [4.69, 9.17) is 26.0 Å². The van der Waals surface area contributed by atoms with Crippen molar-refractivity contribution in [1.29, 1.82) is 0 Å². The van der Waals surface area contributed by atoms with Crippen LogP contribution in [0.2, 0.25) is 0 Å². The second-order valence-corrected chi connectivity index (χ2v) is 12.1. The van der Waals surface area contributed by atoms with Gasteiger partial charge in [0.15, 0.2) is 33.2 Å². The van der Waals surface area contributed by atoms with Gasteiger partial charge in [0.25, 0.3) is 5.91 Å². The van der Waals surface area contributed by atoms with E-state index in [0.29, 0.717) is 11.1 Å². The number of carbonyl (C=O) groups excluding carboxylic acids is 1. The van der Waals surface area contributed by atoms with Gasteiger partial charge in [0.1, 0.15) is 5.75 Å². The normalized spacial score (nSPS) is 12.2. The van der Waals surface area contributed by atoms with E-state index < -0.39 is 52.8 Å². The van der Waals surface area contributed by atoms with Gasteiger partial charge in [-0.25, -0.2) is 17.2 Å². The van der Waals surface area contributed by atoms with Crippen molar-refractivity contribution in [2.24, 2.45) is 16.5 Å². The fourth-order valence-corrected chi connectivity index (χ4v) is 5.43. The SMILES string of the molecule is C/C(=C\c1cc(F)c(Oc2ccc(S(=O)(=O)Cc3ccc(CP(=O)(O)O)cc3)cc2)c(F)c1)C(=O)N=C(N)N. The average Bonchev–Trinajstić information content (AvgIpc) is 2.81. The molecule has 0 saturated carbocycles. The molecule has 0 atom stereocenters. The summed E-state index contributed by atoms with van der Waals surface area (Å²) >= 11 is 0. The number of hydrogen-bond donors (Lipinski definition) is 4. The van der Waals surface area contributed by atoms with Gasteiger partial charge < -0.3 is 26.0 Å². The van der Waals surface area contributed by atoms with Crippen LogP contribution in [0.4, 0.5) is 8.78 Å². The van der Waals surface area contributed by atoms with Gasteiger partial charge in [-0.2, -0.15) is 4.99 Å². The number of sulfone groups is 1. The number of hydrogen-bond acceptors (Lipinski definition) is 5. The third-order valence-electron chi connectivity index (χ3n) is 5.14. The molecule has 0 aliphatic rings. The van der Waals surface area contributed by atoms with Crippen LogP contribution in [0.3, 0.4) is 0 Å². The quantitative estimate of drug-likeness (QED) is 0.127. The highest BCUT2D eigenvalue weighted by Crippen LogP contribution is 2.39. The molecule has 0 bridgehead atoms. The lowest BCUT2D eigenvalue weighted by Crippen LogP contribution is -2.24. The summed E-state index contributed by atoms with van der Waals surface area (Å²) in [6, 6.07) is 12.6. The number of nitrogens with two attached hydrogens (primary N) is 2. The van der Waals surface area contributed by atoms with E-state index in [2.05, 4.69) is 4.99 Å². The van der Waals surface area contributed by atoms with Gasteiger partial charge in [0.2, 0.25) is 0 Å². The Balaban J connectivity index is 1.73. The minimum atomic E-state index is -4.25. The molecule has 10 nitrogen and oxygen atoms in total. The lowest BCUT2D eigenvalue weighted by Gasteiger charge is -2.11. The Bertz CT molecular complexity index is 1570. The minimum absolute atomic E-state index is 0.0187. The average molecular weight is 580 g/mol. The molecule has 0 fully saturated rings. The third kappa shape index (κ3) is 8.55. The highest BCUT2D eigenvalue weighted by Gasteiger charge is 2.19. The van der Waals surface area contributed by atoms with Gasteiger partial charge >= 0.3 is 7.60 Å². The molecular formula is C25H24F2N3O7PS. The van der Waals surface area contributed by atoms with Crippen molar-refractivity contribution < 1.29 is 41.1 Å². The zero-order chi connectivity index (χ0) is 29.0. The van der Waals surface area contributed by atoms with E-state index in [0.717, 1.165) is 12.1 Å². The molecule has 0 spiro atoms. The second kappa shape index (κ2) is 11.9. The third-order valence-corrected chi connectivity index (χ3v) is 7.62. The standard InChI is InChI=1S/C25H24F2N3O7PS/c1-15(24(31)30-25(28)29)10-18-11-21(26)23(22(27)12-18)37-19-6-8-20(9-7-19)39(35,36)14-17-4-2-16(3-5-17)13-38(32,33)34/h2-12H,13-14H2,1H3,(H2,32,33,34)(H4,28,29,30,31)/b15-10+. The van der Waals surface area contributed by atoms with Crippen LogP contribution in [-0.2, 0) is 31.1 Å². The zero-order valence-electron chi connectivity index (χ0n) is 20.4. The van der Waals surface area contributed by atoms with Gasteiger partial charge in [0, 0.05) is 5.57 Å². The van der Waals surface area contributed by atoms with Gasteiger partial charge in [-0.1, -0.05) is 24.3 Å². The molecule has 0 unspecified atom stereocenters. The fourth-order valence-electron chi connectivity index (χ4n) is 3.39. The first-order chi connectivity index (χ1) is 18.1. The van der Waals surface area contributed by atoms with Gasteiger partial charge in [-0.15, -0.1) is 0 Å². The topological polar surface area (TPSA) is 182 Å². The van der Waals surface area contributed by atoms with E-state index in [1.54, 1.807) is 0 Å². The molecule has 3 aromatic carbocycles. The molecule has 6 N–H and O–H groups in total. The van der Waals surface area contributed by atoms with Crippen molar-refractivity contribution in [3.05, 3.63) is 94.6 Å². The highest BCUT2D eigenvalue weighted by atomic mass is 32.2. The van der Waals surface area contributed by atoms with E-state index in [-0.39, 0.29) is 27.5 Å². The second-order valence-electron chi connectivity index (χ2n) is 8.45. The molecule has 0 saturated heterocycles. The van der Waals surface area contributed by atoms with E-state index in [1.807, 2.05) is 0 Å². The Morgan fingerprint density at radius 3 is 2.05 bits per heavy atom. The monoisotopic (exact) mass is 579 g/mol. The summed E-state index contributed by atoms with van der Waals surface area (Å²) in [6.07, 6.45) is 0.733. The Morgan fingerprint density at radius 1 is 1.00 bits per heavy atom. The van der Waals surface area contributed by atoms with E-state index >= 15 is 0 Å². The number of nitrogens with zero attached hydrogens (tertiary/aromatic N) is 1. The molecule has 39 heavy (non-hydrogen) atoms. The van der Waals surface area contributed by atoms with Crippen molar-refractivity contribution >= 4 is 35.4 Å². The summed E-state index contributed by atoms with van der Waals surface area (Å²) in [5.41, 5.74) is 11.1. The summed E-state index contributed by atoms with van der Waals surface area (Å²) in [5.74, 6) is -4.51.